The molecule has 6 nitrogen and oxygen atoms in total. The number of para-hydroxylation sites is 1. The van der Waals surface area contributed by atoms with Gasteiger partial charge in [-0.05, 0) is 30.7 Å². The lowest BCUT2D eigenvalue weighted by molar-refractivity contribution is 0.235. The summed E-state index contributed by atoms with van der Waals surface area (Å²) in [6, 6.07) is 26.7. The molecule has 4 aromatic rings. The predicted molar refractivity (Wildman–Crippen MR) is 143 cm³/mol. The minimum atomic E-state index is 0.628. The van der Waals surface area contributed by atoms with Crippen LogP contribution in [-0.4, -0.2) is 35.6 Å². The summed E-state index contributed by atoms with van der Waals surface area (Å²) in [7, 11) is 3.75. The lowest BCUT2D eigenvalue weighted by Crippen LogP contribution is -2.32. The maximum atomic E-state index is 6.39. The second kappa shape index (κ2) is 10.8. The molecule has 0 radical (unpaired) electrons. The Bertz CT molecular complexity index is 1310. The lowest BCUT2D eigenvalue weighted by Gasteiger charge is -2.30. The highest BCUT2D eigenvalue weighted by Crippen LogP contribution is 2.33. The third kappa shape index (κ3) is 5.50. The summed E-state index contributed by atoms with van der Waals surface area (Å²) in [5.41, 5.74) is 5.68. The molecule has 3 aromatic carbocycles. The predicted octanol–water partition coefficient (Wildman–Crippen LogP) is 5.78. The van der Waals surface area contributed by atoms with Crippen LogP contribution in [0.3, 0.4) is 0 Å². The van der Waals surface area contributed by atoms with E-state index in [4.69, 9.17) is 19.4 Å². The molecule has 184 valence electrons. The summed E-state index contributed by atoms with van der Waals surface area (Å²) in [6.07, 6.45) is 0.837. The Balaban J connectivity index is 1.44. The highest BCUT2D eigenvalue weighted by atomic mass is 16.5. The van der Waals surface area contributed by atoms with Crippen LogP contribution < -0.4 is 14.4 Å². The van der Waals surface area contributed by atoms with Crippen molar-refractivity contribution in [1.82, 2.24) is 14.9 Å². The number of hydrogen-bond acceptors (Lipinski definition) is 6. The van der Waals surface area contributed by atoms with Crippen molar-refractivity contribution in [2.75, 3.05) is 25.6 Å². The Labute approximate surface area is 213 Å². The Morgan fingerprint density at radius 2 is 1.67 bits per heavy atom. The molecule has 0 saturated carbocycles. The molecule has 0 N–H and O–H groups in total. The number of aryl methyl sites for hydroxylation is 1. The highest BCUT2D eigenvalue weighted by molar-refractivity contribution is 5.44. The van der Waals surface area contributed by atoms with E-state index in [1.165, 1.54) is 16.7 Å². The van der Waals surface area contributed by atoms with Gasteiger partial charge in [-0.25, -0.2) is 4.98 Å². The number of methoxy groups -OCH3 is 1. The van der Waals surface area contributed by atoms with Gasteiger partial charge >= 0.3 is 0 Å². The van der Waals surface area contributed by atoms with E-state index in [9.17, 15) is 0 Å². The van der Waals surface area contributed by atoms with Crippen molar-refractivity contribution < 1.29 is 9.47 Å². The van der Waals surface area contributed by atoms with Crippen molar-refractivity contribution in [1.29, 1.82) is 0 Å². The molecule has 0 spiro atoms. The summed E-state index contributed by atoms with van der Waals surface area (Å²) in [4.78, 5) is 14.4. The first-order chi connectivity index (χ1) is 17.6. The van der Waals surface area contributed by atoms with Crippen LogP contribution in [0.1, 0.15) is 27.9 Å². The van der Waals surface area contributed by atoms with E-state index >= 15 is 0 Å². The van der Waals surface area contributed by atoms with E-state index < -0.39 is 0 Å². The minimum Gasteiger partial charge on any atom is -0.496 e. The van der Waals surface area contributed by atoms with Gasteiger partial charge in [-0.1, -0.05) is 66.2 Å². The molecule has 5 rings (SSSR count). The van der Waals surface area contributed by atoms with Crippen molar-refractivity contribution >= 4 is 5.95 Å². The maximum absolute atomic E-state index is 6.39. The summed E-state index contributed by atoms with van der Waals surface area (Å²) in [5.74, 6) is 3.00. The normalized spacial score (nSPS) is 13.2. The molecule has 0 saturated heterocycles. The molecule has 0 aliphatic carbocycles. The molecule has 1 aromatic heterocycles. The number of rotatable bonds is 8. The van der Waals surface area contributed by atoms with Crippen molar-refractivity contribution in [2.45, 2.75) is 33.0 Å². The van der Waals surface area contributed by atoms with E-state index in [-0.39, 0.29) is 0 Å². The topological polar surface area (TPSA) is 50.7 Å². The van der Waals surface area contributed by atoms with Gasteiger partial charge in [-0.15, -0.1) is 0 Å². The fourth-order valence-electron chi connectivity index (χ4n) is 4.54. The van der Waals surface area contributed by atoms with Gasteiger partial charge in [0.2, 0.25) is 11.8 Å². The average Bonchev–Trinajstić information content (AvgIpc) is 2.91. The van der Waals surface area contributed by atoms with Crippen molar-refractivity contribution in [3.63, 3.8) is 0 Å². The van der Waals surface area contributed by atoms with Gasteiger partial charge in [0, 0.05) is 45.2 Å². The Hall–Kier alpha value is -3.90. The van der Waals surface area contributed by atoms with E-state index in [1.807, 2.05) is 37.4 Å². The number of aromatic nitrogens is 2. The van der Waals surface area contributed by atoms with Gasteiger partial charge in [0.15, 0.2) is 0 Å². The molecular formula is C30H32N4O2. The zero-order chi connectivity index (χ0) is 24.9. The molecule has 36 heavy (non-hydrogen) atoms. The minimum absolute atomic E-state index is 0.628. The molecule has 1 aliphatic heterocycles. The molecule has 2 heterocycles. The number of fused-ring (bicyclic) bond motifs is 1. The largest absolute Gasteiger partial charge is 0.496 e. The molecular weight excluding hydrogens is 448 g/mol. The van der Waals surface area contributed by atoms with Crippen LogP contribution in [0.5, 0.6) is 17.4 Å². The number of hydrogen-bond donors (Lipinski definition) is 0. The Kier molecular flexibility index (Phi) is 7.14. The summed E-state index contributed by atoms with van der Waals surface area (Å²) < 4.78 is 12.0. The number of ether oxygens (including phenoxy) is 2. The van der Waals surface area contributed by atoms with Crippen molar-refractivity contribution in [2.24, 2.45) is 0 Å². The quantitative estimate of drug-likeness (QED) is 0.319. The molecule has 0 amide bonds. The second-order valence-electron chi connectivity index (χ2n) is 9.28. The fraction of sp³-hybridized carbons (Fsp3) is 0.267. The third-order valence-corrected chi connectivity index (χ3v) is 6.52. The van der Waals surface area contributed by atoms with Gasteiger partial charge in [-0.2, -0.15) is 4.98 Å². The second-order valence-corrected chi connectivity index (χ2v) is 9.28. The van der Waals surface area contributed by atoms with Crippen LogP contribution in [0.4, 0.5) is 5.95 Å². The van der Waals surface area contributed by atoms with Gasteiger partial charge < -0.3 is 14.4 Å². The van der Waals surface area contributed by atoms with Crippen LogP contribution in [0, 0.1) is 6.92 Å². The lowest BCUT2D eigenvalue weighted by atomic mass is 10.1. The van der Waals surface area contributed by atoms with Crippen molar-refractivity contribution in [3.8, 4) is 17.4 Å². The Morgan fingerprint density at radius 1 is 0.917 bits per heavy atom. The van der Waals surface area contributed by atoms with Crippen LogP contribution >= 0.6 is 0 Å². The first-order valence-corrected chi connectivity index (χ1v) is 12.3. The molecule has 1 aliphatic rings. The summed E-state index contributed by atoms with van der Waals surface area (Å²) in [5, 5.41) is 0. The third-order valence-electron chi connectivity index (χ3n) is 6.52. The number of nitrogens with zero attached hydrogens (tertiary/aromatic N) is 4. The van der Waals surface area contributed by atoms with E-state index in [1.54, 1.807) is 7.11 Å². The van der Waals surface area contributed by atoms with Gasteiger partial charge in [0.1, 0.15) is 11.5 Å². The zero-order valence-electron chi connectivity index (χ0n) is 21.1. The van der Waals surface area contributed by atoms with Gasteiger partial charge in [0.05, 0.1) is 18.4 Å². The summed E-state index contributed by atoms with van der Waals surface area (Å²) in [6.45, 7) is 5.22. The van der Waals surface area contributed by atoms with Crippen LogP contribution in [0.2, 0.25) is 0 Å². The standard InChI is InChI=1S/C30H32N4O2/c1-22-13-15-25(16-14-22)36-29-26-21-34(20-24-11-7-8-12-28(24)35-3)18-17-27(26)31-30(32-29)33(2)19-23-9-5-4-6-10-23/h4-16H,17-21H2,1-3H3. The van der Waals surface area contributed by atoms with Gasteiger partial charge in [-0.3, -0.25) is 4.90 Å². The maximum Gasteiger partial charge on any atom is 0.228 e. The number of benzene rings is 3. The Morgan fingerprint density at radius 3 is 2.44 bits per heavy atom. The van der Waals surface area contributed by atoms with Crippen LogP contribution in [0.25, 0.3) is 0 Å². The zero-order valence-corrected chi connectivity index (χ0v) is 21.1. The first kappa shape index (κ1) is 23.8. The molecule has 0 atom stereocenters. The van der Waals surface area contributed by atoms with Gasteiger partial charge in [0.25, 0.3) is 0 Å². The smallest absolute Gasteiger partial charge is 0.228 e. The molecule has 0 bridgehead atoms. The first-order valence-electron chi connectivity index (χ1n) is 12.3. The molecule has 0 fully saturated rings. The SMILES string of the molecule is COc1ccccc1CN1CCc2nc(N(C)Cc3ccccc3)nc(Oc3ccc(C)cc3)c2C1. The van der Waals surface area contributed by atoms with E-state index in [0.29, 0.717) is 11.8 Å². The average molecular weight is 481 g/mol. The van der Waals surface area contributed by atoms with E-state index in [0.717, 1.165) is 55.4 Å². The number of anilines is 1. The van der Waals surface area contributed by atoms with Crippen LogP contribution in [0.15, 0.2) is 78.9 Å². The van der Waals surface area contributed by atoms with E-state index in [2.05, 4.69) is 65.3 Å². The van der Waals surface area contributed by atoms with Crippen LogP contribution in [-0.2, 0) is 26.1 Å². The fourth-order valence-corrected chi connectivity index (χ4v) is 4.54. The van der Waals surface area contributed by atoms with Crippen molar-refractivity contribution in [3.05, 3.63) is 107 Å². The molecule has 6 heteroatoms. The summed E-state index contributed by atoms with van der Waals surface area (Å²) >= 11 is 0. The monoisotopic (exact) mass is 480 g/mol. The highest BCUT2D eigenvalue weighted by Gasteiger charge is 2.25. The molecule has 0 unspecified atom stereocenters.